The molecule has 1 aliphatic carbocycles. The summed E-state index contributed by atoms with van der Waals surface area (Å²) >= 11 is 0. The molecule has 0 nitrogen and oxygen atoms in total. The van der Waals surface area contributed by atoms with Gasteiger partial charge < -0.3 is 0 Å². The molecule has 31 heavy (non-hydrogen) atoms. The lowest BCUT2D eigenvalue weighted by Crippen LogP contribution is -2.15. The summed E-state index contributed by atoms with van der Waals surface area (Å²) < 4.78 is 52.0. The molecule has 0 aliphatic heterocycles. The van der Waals surface area contributed by atoms with Crippen LogP contribution in [0.5, 0.6) is 0 Å². The zero-order valence-electron chi connectivity index (χ0n) is 19.4. The van der Waals surface area contributed by atoms with Gasteiger partial charge in [0, 0.05) is 0 Å². The molecule has 0 atom stereocenters. The van der Waals surface area contributed by atoms with Crippen LogP contribution in [0.3, 0.4) is 0 Å². The Bertz CT molecular complexity index is 600. The van der Waals surface area contributed by atoms with Gasteiger partial charge >= 0.3 is 6.18 Å². The molecule has 0 spiro atoms. The molecule has 1 saturated carbocycles. The van der Waals surface area contributed by atoms with E-state index in [1.54, 1.807) is 0 Å². The summed E-state index contributed by atoms with van der Waals surface area (Å²) in [6.07, 6.45) is 17.0. The van der Waals surface area contributed by atoms with Gasteiger partial charge in [-0.05, 0) is 42.4 Å². The summed E-state index contributed by atoms with van der Waals surface area (Å²) in [5.74, 6) is 0.711. The molecule has 0 heterocycles. The summed E-state index contributed by atoms with van der Waals surface area (Å²) in [6.45, 7) is 2.26. The molecule has 4 heteroatoms. The average Bonchev–Trinajstić information content (AvgIpc) is 2.74. The maximum Gasteiger partial charge on any atom is 0.416 e. The molecular formula is C27H42F4. The third kappa shape index (κ3) is 10.4. The van der Waals surface area contributed by atoms with E-state index in [4.69, 9.17) is 0 Å². The molecule has 0 bridgehead atoms. The van der Waals surface area contributed by atoms with E-state index >= 15 is 0 Å². The minimum absolute atomic E-state index is 0.417. The Kier molecular flexibility index (Phi) is 12.0. The molecule has 0 unspecified atom stereocenters. The Morgan fingerprint density at radius 3 is 1.77 bits per heavy atom. The Hall–Kier alpha value is -1.06. The molecule has 1 aromatic carbocycles. The number of alkyl halides is 3. The number of hydrogen-bond acceptors (Lipinski definition) is 0. The van der Waals surface area contributed by atoms with Crippen molar-refractivity contribution in [2.45, 2.75) is 122 Å². The maximum atomic E-state index is 14.0. The van der Waals surface area contributed by atoms with Crippen molar-refractivity contribution in [3.63, 3.8) is 0 Å². The van der Waals surface area contributed by atoms with E-state index in [0.717, 1.165) is 18.4 Å². The summed E-state index contributed by atoms with van der Waals surface area (Å²) in [6, 6.07) is 2.95. The smallest absolute Gasteiger partial charge is 0.207 e. The van der Waals surface area contributed by atoms with Gasteiger partial charge in [0.25, 0.3) is 0 Å². The second-order valence-electron chi connectivity index (χ2n) is 9.70. The number of unbranched alkanes of at least 4 members (excludes halogenated alkanes) is 9. The number of hydrogen-bond donors (Lipinski definition) is 0. The number of benzene rings is 1. The highest BCUT2D eigenvalue weighted by Crippen LogP contribution is 2.35. The van der Waals surface area contributed by atoms with Gasteiger partial charge in [-0.15, -0.1) is 0 Å². The lowest BCUT2D eigenvalue weighted by atomic mass is 9.77. The van der Waals surface area contributed by atoms with Crippen molar-refractivity contribution in [3.05, 3.63) is 35.1 Å². The fourth-order valence-corrected chi connectivity index (χ4v) is 5.02. The summed E-state index contributed by atoms with van der Waals surface area (Å²) in [5.41, 5.74) is -0.485. The minimum Gasteiger partial charge on any atom is -0.207 e. The first-order chi connectivity index (χ1) is 14.9. The van der Waals surface area contributed by atoms with Gasteiger partial charge in [0.2, 0.25) is 0 Å². The normalized spacial score (nSPS) is 19.6. The largest absolute Gasteiger partial charge is 0.416 e. The van der Waals surface area contributed by atoms with Crippen LogP contribution in [0.4, 0.5) is 17.6 Å². The summed E-state index contributed by atoms with van der Waals surface area (Å²) in [7, 11) is 0. The van der Waals surface area contributed by atoms with Gasteiger partial charge in [-0.3, -0.25) is 0 Å². The Morgan fingerprint density at radius 1 is 0.742 bits per heavy atom. The highest BCUT2D eigenvalue weighted by Gasteiger charge is 2.31. The highest BCUT2D eigenvalue weighted by molar-refractivity contribution is 5.26. The molecule has 1 fully saturated rings. The van der Waals surface area contributed by atoms with E-state index in [1.807, 2.05) is 0 Å². The molecule has 0 radical (unpaired) electrons. The van der Waals surface area contributed by atoms with Crippen LogP contribution in [-0.2, 0) is 12.6 Å². The summed E-state index contributed by atoms with van der Waals surface area (Å²) in [4.78, 5) is 0. The van der Waals surface area contributed by atoms with E-state index in [2.05, 4.69) is 6.92 Å². The van der Waals surface area contributed by atoms with E-state index < -0.39 is 17.6 Å². The molecule has 2 rings (SSSR count). The molecule has 1 aromatic rings. The lowest BCUT2D eigenvalue weighted by Gasteiger charge is -2.28. The molecule has 0 amide bonds. The third-order valence-corrected chi connectivity index (χ3v) is 7.13. The fraction of sp³-hybridized carbons (Fsp3) is 0.778. The molecule has 0 aromatic heterocycles. The van der Waals surface area contributed by atoms with Crippen LogP contribution in [0, 0.1) is 17.7 Å². The number of rotatable bonds is 14. The predicted molar refractivity (Wildman–Crippen MR) is 122 cm³/mol. The molecule has 0 saturated heterocycles. The molecule has 178 valence electrons. The molecule has 1 aliphatic rings. The van der Waals surface area contributed by atoms with Crippen molar-refractivity contribution < 1.29 is 17.6 Å². The first-order valence-electron chi connectivity index (χ1n) is 12.8. The lowest BCUT2D eigenvalue weighted by molar-refractivity contribution is -0.137. The Morgan fingerprint density at radius 2 is 1.26 bits per heavy atom. The van der Waals surface area contributed by atoms with Crippen LogP contribution in [0.25, 0.3) is 0 Å². The SMILES string of the molecule is CCCCCCCCCCCCC1CCC(CCc2ccc(C(F)(F)F)cc2F)CC1. The fourth-order valence-electron chi connectivity index (χ4n) is 5.02. The monoisotopic (exact) mass is 442 g/mol. The highest BCUT2D eigenvalue weighted by atomic mass is 19.4. The first kappa shape index (κ1) is 26.2. The quantitative estimate of drug-likeness (QED) is 0.199. The van der Waals surface area contributed by atoms with Crippen molar-refractivity contribution in [2.24, 2.45) is 11.8 Å². The van der Waals surface area contributed by atoms with Crippen molar-refractivity contribution in [3.8, 4) is 0 Å². The van der Waals surface area contributed by atoms with Crippen molar-refractivity contribution >= 4 is 0 Å². The second kappa shape index (κ2) is 14.2. The molecule has 0 N–H and O–H groups in total. The summed E-state index contributed by atoms with van der Waals surface area (Å²) in [5, 5.41) is 0. The van der Waals surface area contributed by atoms with E-state index in [1.165, 1.54) is 102 Å². The van der Waals surface area contributed by atoms with E-state index in [0.29, 0.717) is 24.0 Å². The van der Waals surface area contributed by atoms with Crippen LogP contribution in [0.15, 0.2) is 18.2 Å². The van der Waals surface area contributed by atoms with Crippen molar-refractivity contribution in [1.29, 1.82) is 0 Å². The van der Waals surface area contributed by atoms with Crippen LogP contribution in [0.2, 0.25) is 0 Å². The third-order valence-electron chi connectivity index (χ3n) is 7.13. The van der Waals surface area contributed by atoms with Crippen molar-refractivity contribution in [1.82, 2.24) is 0 Å². The van der Waals surface area contributed by atoms with Crippen LogP contribution < -0.4 is 0 Å². The zero-order chi connectivity index (χ0) is 22.5. The van der Waals surface area contributed by atoms with Gasteiger partial charge in [-0.1, -0.05) is 109 Å². The number of halogens is 4. The maximum absolute atomic E-state index is 14.0. The Balaban J connectivity index is 1.52. The van der Waals surface area contributed by atoms with Crippen LogP contribution in [-0.4, -0.2) is 0 Å². The first-order valence-corrected chi connectivity index (χ1v) is 12.8. The average molecular weight is 443 g/mol. The predicted octanol–water partition coefficient (Wildman–Crippen LogP) is 9.89. The van der Waals surface area contributed by atoms with E-state index in [9.17, 15) is 17.6 Å². The molecular weight excluding hydrogens is 400 g/mol. The topological polar surface area (TPSA) is 0 Å². The number of aryl methyl sites for hydroxylation is 1. The van der Waals surface area contributed by atoms with Crippen LogP contribution >= 0.6 is 0 Å². The van der Waals surface area contributed by atoms with Gasteiger partial charge in [-0.25, -0.2) is 4.39 Å². The van der Waals surface area contributed by atoms with Gasteiger partial charge in [-0.2, -0.15) is 13.2 Å². The van der Waals surface area contributed by atoms with Gasteiger partial charge in [0.05, 0.1) is 5.56 Å². The van der Waals surface area contributed by atoms with E-state index in [-0.39, 0.29) is 0 Å². The Labute approximate surface area is 187 Å². The minimum atomic E-state index is -4.48. The zero-order valence-corrected chi connectivity index (χ0v) is 19.4. The van der Waals surface area contributed by atoms with Crippen molar-refractivity contribution in [2.75, 3.05) is 0 Å². The van der Waals surface area contributed by atoms with Gasteiger partial charge in [0.1, 0.15) is 5.82 Å². The second-order valence-corrected chi connectivity index (χ2v) is 9.70. The van der Waals surface area contributed by atoms with Gasteiger partial charge in [0.15, 0.2) is 0 Å². The van der Waals surface area contributed by atoms with Crippen LogP contribution in [0.1, 0.15) is 121 Å². The standard InChI is InChI=1S/C27H42F4/c1-2-3-4-5-6-7-8-9-10-11-12-22-13-15-23(16-14-22)17-18-24-19-20-25(21-26(24)28)27(29,30)31/h19-23H,2-18H2,1H3.